The van der Waals surface area contributed by atoms with E-state index in [9.17, 15) is 10.1 Å². The average molecular weight is 258 g/mol. The van der Waals surface area contributed by atoms with Crippen molar-refractivity contribution in [3.8, 4) is 11.5 Å². The van der Waals surface area contributed by atoms with Crippen LogP contribution in [0.1, 0.15) is 11.1 Å². The van der Waals surface area contributed by atoms with Gasteiger partial charge >= 0.3 is 5.69 Å². The lowest BCUT2D eigenvalue weighted by Gasteiger charge is -2.10. The molecule has 5 heteroatoms. The van der Waals surface area contributed by atoms with Crippen molar-refractivity contribution >= 4 is 5.69 Å². The molecule has 5 nitrogen and oxygen atoms in total. The Bertz CT molecular complexity index is 611. The molecule has 2 aromatic rings. The van der Waals surface area contributed by atoms with Gasteiger partial charge in [-0.05, 0) is 19.1 Å². The first-order valence-electron chi connectivity index (χ1n) is 5.82. The van der Waals surface area contributed by atoms with Crippen molar-refractivity contribution in [2.24, 2.45) is 5.73 Å². The molecule has 0 saturated carbocycles. The molecule has 0 amide bonds. The Labute approximate surface area is 110 Å². The van der Waals surface area contributed by atoms with Crippen molar-refractivity contribution in [2.75, 3.05) is 0 Å². The van der Waals surface area contributed by atoms with Crippen molar-refractivity contribution in [1.29, 1.82) is 0 Å². The van der Waals surface area contributed by atoms with Crippen molar-refractivity contribution < 1.29 is 9.66 Å². The zero-order valence-corrected chi connectivity index (χ0v) is 10.5. The molecule has 0 aliphatic heterocycles. The number of ether oxygens (including phenoxy) is 1. The van der Waals surface area contributed by atoms with E-state index in [-0.39, 0.29) is 11.4 Å². The van der Waals surface area contributed by atoms with E-state index in [1.165, 1.54) is 6.07 Å². The summed E-state index contributed by atoms with van der Waals surface area (Å²) in [6, 6.07) is 11.8. The smallest absolute Gasteiger partial charge is 0.311 e. The first kappa shape index (κ1) is 13.0. The van der Waals surface area contributed by atoms with Crippen LogP contribution in [0.25, 0.3) is 0 Å². The van der Waals surface area contributed by atoms with Crippen LogP contribution in [0.2, 0.25) is 0 Å². The number of rotatable bonds is 4. The summed E-state index contributed by atoms with van der Waals surface area (Å²) in [6.45, 7) is 2.27. The van der Waals surface area contributed by atoms with Crippen LogP contribution in [-0.2, 0) is 6.54 Å². The predicted molar refractivity (Wildman–Crippen MR) is 72.2 cm³/mol. The van der Waals surface area contributed by atoms with E-state index < -0.39 is 4.92 Å². The maximum Gasteiger partial charge on any atom is 0.311 e. The number of nitrogens with zero attached hydrogens (tertiary/aromatic N) is 1. The SMILES string of the molecule is Cc1ccc(Oc2ccccc2[N+](=O)[O-])c(CN)c1. The zero-order valence-electron chi connectivity index (χ0n) is 10.5. The summed E-state index contributed by atoms with van der Waals surface area (Å²) in [7, 11) is 0. The van der Waals surface area contributed by atoms with Gasteiger partial charge in [0.25, 0.3) is 0 Å². The lowest BCUT2D eigenvalue weighted by molar-refractivity contribution is -0.385. The maximum absolute atomic E-state index is 10.9. The van der Waals surface area contributed by atoms with E-state index in [0.717, 1.165) is 11.1 Å². The minimum absolute atomic E-state index is 0.0638. The highest BCUT2D eigenvalue weighted by molar-refractivity contribution is 5.49. The van der Waals surface area contributed by atoms with Gasteiger partial charge in [-0.15, -0.1) is 0 Å². The fourth-order valence-corrected chi connectivity index (χ4v) is 1.78. The van der Waals surface area contributed by atoms with E-state index in [2.05, 4.69) is 0 Å². The van der Waals surface area contributed by atoms with Crippen LogP contribution in [-0.4, -0.2) is 4.92 Å². The Morgan fingerprint density at radius 2 is 1.95 bits per heavy atom. The third kappa shape index (κ3) is 2.89. The normalized spacial score (nSPS) is 10.2. The third-order valence-corrected chi connectivity index (χ3v) is 2.72. The molecule has 0 aromatic heterocycles. The molecule has 2 N–H and O–H groups in total. The molecule has 0 bridgehead atoms. The maximum atomic E-state index is 10.9. The van der Waals surface area contributed by atoms with Crippen LogP contribution in [0.3, 0.4) is 0 Å². The fraction of sp³-hybridized carbons (Fsp3) is 0.143. The van der Waals surface area contributed by atoms with E-state index in [4.69, 9.17) is 10.5 Å². The Morgan fingerprint density at radius 3 is 2.63 bits per heavy atom. The van der Waals surface area contributed by atoms with Gasteiger partial charge in [-0.1, -0.05) is 29.8 Å². The molecular formula is C14H14N2O3. The molecular weight excluding hydrogens is 244 g/mol. The van der Waals surface area contributed by atoms with Crippen molar-refractivity contribution in [1.82, 2.24) is 0 Å². The lowest BCUT2D eigenvalue weighted by Crippen LogP contribution is -2.01. The van der Waals surface area contributed by atoms with Crippen LogP contribution in [0.4, 0.5) is 5.69 Å². The summed E-state index contributed by atoms with van der Waals surface area (Å²) in [5, 5.41) is 10.9. The van der Waals surface area contributed by atoms with Crippen LogP contribution in [0.15, 0.2) is 42.5 Å². The van der Waals surface area contributed by atoms with Gasteiger partial charge in [-0.2, -0.15) is 0 Å². The summed E-state index contributed by atoms with van der Waals surface area (Å²) >= 11 is 0. The van der Waals surface area contributed by atoms with Crippen LogP contribution < -0.4 is 10.5 Å². The summed E-state index contributed by atoms with van der Waals surface area (Å²) in [5.41, 5.74) is 7.48. The molecule has 0 aliphatic carbocycles. The molecule has 0 radical (unpaired) electrons. The van der Waals surface area contributed by atoms with Gasteiger partial charge in [0.1, 0.15) is 5.75 Å². The number of hydrogen-bond acceptors (Lipinski definition) is 4. The number of aryl methyl sites for hydroxylation is 1. The fourth-order valence-electron chi connectivity index (χ4n) is 1.78. The predicted octanol–water partition coefficient (Wildman–Crippen LogP) is 3.15. The number of nitro benzene ring substituents is 1. The molecule has 2 aromatic carbocycles. The third-order valence-electron chi connectivity index (χ3n) is 2.72. The number of nitro groups is 1. The first-order chi connectivity index (χ1) is 9.11. The lowest BCUT2D eigenvalue weighted by atomic mass is 10.1. The van der Waals surface area contributed by atoms with Gasteiger partial charge in [0, 0.05) is 18.2 Å². The Kier molecular flexibility index (Phi) is 3.77. The number of para-hydroxylation sites is 2. The second-order valence-corrected chi connectivity index (χ2v) is 4.14. The van der Waals surface area contributed by atoms with Crippen molar-refractivity contribution in [3.05, 3.63) is 63.7 Å². The van der Waals surface area contributed by atoms with Crippen LogP contribution in [0.5, 0.6) is 11.5 Å². The molecule has 19 heavy (non-hydrogen) atoms. The van der Waals surface area contributed by atoms with Gasteiger partial charge in [0.2, 0.25) is 5.75 Å². The molecule has 0 aliphatic rings. The van der Waals surface area contributed by atoms with E-state index in [1.807, 2.05) is 19.1 Å². The van der Waals surface area contributed by atoms with E-state index >= 15 is 0 Å². The van der Waals surface area contributed by atoms with Gasteiger partial charge in [-0.3, -0.25) is 10.1 Å². The molecule has 0 atom stereocenters. The molecule has 0 heterocycles. The first-order valence-corrected chi connectivity index (χ1v) is 5.82. The number of benzene rings is 2. The molecule has 0 spiro atoms. The molecule has 0 fully saturated rings. The summed E-state index contributed by atoms with van der Waals surface area (Å²) < 4.78 is 5.63. The summed E-state index contributed by atoms with van der Waals surface area (Å²) in [4.78, 5) is 10.5. The van der Waals surface area contributed by atoms with Crippen molar-refractivity contribution in [3.63, 3.8) is 0 Å². The topological polar surface area (TPSA) is 78.4 Å². The Morgan fingerprint density at radius 1 is 1.21 bits per heavy atom. The van der Waals surface area contributed by atoms with Gasteiger partial charge < -0.3 is 10.5 Å². The number of nitrogens with two attached hydrogens (primary N) is 1. The minimum Gasteiger partial charge on any atom is -0.450 e. The van der Waals surface area contributed by atoms with Gasteiger partial charge in [0.15, 0.2) is 0 Å². The second-order valence-electron chi connectivity index (χ2n) is 4.14. The van der Waals surface area contributed by atoms with Crippen molar-refractivity contribution in [2.45, 2.75) is 13.5 Å². The van der Waals surface area contributed by atoms with Crippen LogP contribution >= 0.6 is 0 Å². The second kappa shape index (κ2) is 5.49. The highest BCUT2D eigenvalue weighted by Gasteiger charge is 2.15. The molecule has 98 valence electrons. The highest BCUT2D eigenvalue weighted by atomic mass is 16.6. The van der Waals surface area contributed by atoms with Gasteiger partial charge in [-0.25, -0.2) is 0 Å². The zero-order chi connectivity index (χ0) is 13.8. The van der Waals surface area contributed by atoms with Crippen LogP contribution in [0, 0.1) is 17.0 Å². The Balaban J connectivity index is 2.39. The summed E-state index contributed by atoms with van der Waals surface area (Å²) in [6.07, 6.45) is 0. The van der Waals surface area contributed by atoms with E-state index in [1.54, 1.807) is 24.3 Å². The quantitative estimate of drug-likeness (QED) is 0.675. The standard InChI is InChI=1S/C14H14N2O3/c1-10-6-7-13(11(8-10)9-15)19-14-5-3-2-4-12(14)16(17)18/h2-8H,9,15H2,1H3. The largest absolute Gasteiger partial charge is 0.450 e. The number of hydrogen-bond donors (Lipinski definition) is 1. The summed E-state index contributed by atoms with van der Waals surface area (Å²) in [5.74, 6) is 0.758. The monoisotopic (exact) mass is 258 g/mol. The van der Waals surface area contributed by atoms with E-state index in [0.29, 0.717) is 12.3 Å². The molecule has 0 saturated heterocycles. The average Bonchev–Trinajstić information content (AvgIpc) is 2.41. The van der Waals surface area contributed by atoms with Gasteiger partial charge in [0.05, 0.1) is 4.92 Å². The Hall–Kier alpha value is -2.40. The molecule has 2 rings (SSSR count). The highest BCUT2D eigenvalue weighted by Crippen LogP contribution is 2.32. The molecule has 0 unspecified atom stereocenters. The minimum atomic E-state index is -0.467.